The number of benzene rings is 1. The molecule has 1 aromatic carbocycles. The maximum Gasteiger partial charge on any atom is 0.191 e. The second-order valence-corrected chi connectivity index (χ2v) is 5.76. The average molecular weight is 313 g/mol. The van der Waals surface area contributed by atoms with Crippen LogP contribution in [-0.4, -0.2) is 19.6 Å². The Morgan fingerprint density at radius 3 is 2.91 bits per heavy atom. The summed E-state index contributed by atoms with van der Waals surface area (Å²) < 4.78 is 5.80. The molecular weight excluding hydrogens is 294 g/mol. The van der Waals surface area contributed by atoms with Gasteiger partial charge in [-0.25, -0.2) is 0 Å². The van der Waals surface area contributed by atoms with Crippen LogP contribution in [0.5, 0.6) is 0 Å². The summed E-state index contributed by atoms with van der Waals surface area (Å²) in [4.78, 5) is 4.23. The van der Waals surface area contributed by atoms with Crippen molar-refractivity contribution in [1.29, 1.82) is 0 Å². The molecule has 0 aliphatic rings. The number of guanidine groups is 1. The van der Waals surface area contributed by atoms with Crippen LogP contribution in [0.4, 0.5) is 0 Å². The second kappa shape index (κ2) is 7.13. The Labute approximate surface area is 133 Å². The second-order valence-electron chi connectivity index (χ2n) is 4.98. The molecule has 0 bridgehead atoms. The van der Waals surface area contributed by atoms with E-state index in [0.717, 1.165) is 42.2 Å². The maximum atomic E-state index is 5.80. The zero-order valence-corrected chi connectivity index (χ0v) is 13.3. The predicted molar refractivity (Wildman–Crippen MR) is 92.4 cm³/mol. The molecule has 0 unspecified atom stereocenters. The van der Waals surface area contributed by atoms with E-state index in [0.29, 0.717) is 0 Å². The van der Waals surface area contributed by atoms with E-state index in [-0.39, 0.29) is 0 Å². The quantitative estimate of drug-likeness (QED) is 0.560. The number of thiophene rings is 1. The fourth-order valence-electron chi connectivity index (χ4n) is 2.26. The lowest BCUT2D eigenvalue weighted by atomic mass is 10.2. The molecule has 0 spiro atoms. The molecule has 3 rings (SSSR count). The molecule has 0 radical (unpaired) electrons. The highest BCUT2D eigenvalue weighted by molar-refractivity contribution is 7.07. The standard InChI is InChI=1S/C17H19N3OS/c1-18-17(20-11-13-7-9-22-12-13)19-8-6-15-10-14-4-2-3-5-16(14)21-15/h2-5,7,9-10,12H,6,8,11H2,1H3,(H2,18,19,20). The van der Waals surface area contributed by atoms with Crippen LogP contribution in [0.2, 0.25) is 0 Å². The van der Waals surface area contributed by atoms with Gasteiger partial charge in [-0.3, -0.25) is 4.99 Å². The molecule has 2 aromatic heterocycles. The summed E-state index contributed by atoms with van der Waals surface area (Å²) in [6, 6.07) is 12.3. The van der Waals surface area contributed by atoms with Crippen LogP contribution in [0.3, 0.4) is 0 Å². The highest BCUT2D eigenvalue weighted by Gasteiger charge is 2.04. The average Bonchev–Trinajstić information content (AvgIpc) is 3.19. The molecule has 2 N–H and O–H groups in total. The lowest BCUT2D eigenvalue weighted by Crippen LogP contribution is -2.37. The molecule has 2 heterocycles. The van der Waals surface area contributed by atoms with Gasteiger partial charge in [0.1, 0.15) is 11.3 Å². The molecule has 0 aliphatic carbocycles. The van der Waals surface area contributed by atoms with Crippen LogP contribution in [0.25, 0.3) is 11.0 Å². The van der Waals surface area contributed by atoms with Crippen LogP contribution < -0.4 is 10.6 Å². The Morgan fingerprint density at radius 1 is 1.23 bits per heavy atom. The number of aliphatic imine (C=N–C) groups is 1. The third-order valence-electron chi connectivity index (χ3n) is 3.40. The van der Waals surface area contributed by atoms with Crippen molar-refractivity contribution < 1.29 is 4.42 Å². The van der Waals surface area contributed by atoms with Gasteiger partial charge in [-0.1, -0.05) is 18.2 Å². The van der Waals surface area contributed by atoms with E-state index in [1.807, 2.05) is 18.2 Å². The number of nitrogens with one attached hydrogen (secondary N) is 2. The first kappa shape index (κ1) is 14.7. The minimum absolute atomic E-state index is 0.781. The van der Waals surface area contributed by atoms with Gasteiger partial charge < -0.3 is 15.1 Å². The van der Waals surface area contributed by atoms with Gasteiger partial charge in [-0.2, -0.15) is 11.3 Å². The number of furan rings is 1. The molecule has 0 amide bonds. The van der Waals surface area contributed by atoms with Crippen LogP contribution in [0.1, 0.15) is 11.3 Å². The fraction of sp³-hybridized carbons (Fsp3) is 0.235. The Balaban J connectivity index is 1.48. The van der Waals surface area contributed by atoms with Crippen molar-refractivity contribution in [1.82, 2.24) is 10.6 Å². The maximum absolute atomic E-state index is 5.80. The van der Waals surface area contributed by atoms with Crippen molar-refractivity contribution in [3.05, 3.63) is 58.5 Å². The van der Waals surface area contributed by atoms with Crippen molar-refractivity contribution in [2.75, 3.05) is 13.6 Å². The van der Waals surface area contributed by atoms with Crippen LogP contribution in [-0.2, 0) is 13.0 Å². The van der Waals surface area contributed by atoms with E-state index in [4.69, 9.17) is 4.42 Å². The van der Waals surface area contributed by atoms with Crippen LogP contribution in [0, 0.1) is 0 Å². The summed E-state index contributed by atoms with van der Waals surface area (Å²) in [7, 11) is 1.78. The van der Waals surface area contributed by atoms with Gasteiger partial charge in [0.15, 0.2) is 5.96 Å². The molecule has 5 heteroatoms. The first-order valence-corrected chi connectivity index (χ1v) is 8.22. The van der Waals surface area contributed by atoms with Crippen molar-refractivity contribution in [3.63, 3.8) is 0 Å². The van der Waals surface area contributed by atoms with Crippen molar-refractivity contribution in [3.8, 4) is 0 Å². The Bertz CT molecular complexity index is 713. The minimum Gasteiger partial charge on any atom is -0.461 e. The smallest absolute Gasteiger partial charge is 0.191 e. The zero-order chi connectivity index (χ0) is 15.2. The lowest BCUT2D eigenvalue weighted by molar-refractivity contribution is 0.544. The van der Waals surface area contributed by atoms with E-state index in [1.54, 1.807) is 18.4 Å². The molecule has 22 heavy (non-hydrogen) atoms. The SMILES string of the molecule is CN=C(NCCc1cc2ccccc2o1)NCc1ccsc1. The first-order valence-electron chi connectivity index (χ1n) is 7.28. The zero-order valence-electron chi connectivity index (χ0n) is 12.5. The van der Waals surface area contributed by atoms with Crippen molar-refractivity contribution >= 4 is 28.3 Å². The van der Waals surface area contributed by atoms with Gasteiger partial charge in [-0.15, -0.1) is 0 Å². The van der Waals surface area contributed by atoms with Crippen molar-refractivity contribution in [2.24, 2.45) is 4.99 Å². The van der Waals surface area contributed by atoms with Gasteiger partial charge in [-0.05, 0) is 34.5 Å². The summed E-state index contributed by atoms with van der Waals surface area (Å²) in [5, 5.41) is 12.0. The highest BCUT2D eigenvalue weighted by atomic mass is 32.1. The molecule has 0 saturated carbocycles. The summed E-state index contributed by atoms with van der Waals surface area (Å²) in [5.41, 5.74) is 2.21. The number of para-hydroxylation sites is 1. The molecular formula is C17H19N3OS. The topological polar surface area (TPSA) is 49.6 Å². The summed E-state index contributed by atoms with van der Waals surface area (Å²) in [6.07, 6.45) is 0.827. The number of hydrogen-bond donors (Lipinski definition) is 2. The summed E-state index contributed by atoms with van der Waals surface area (Å²) in [5.74, 6) is 1.80. The van der Waals surface area contributed by atoms with E-state index < -0.39 is 0 Å². The highest BCUT2D eigenvalue weighted by Crippen LogP contribution is 2.18. The van der Waals surface area contributed by atoms with Gasteiger partial charge in [0, 0.05) is 31.9 Å². The van der Waals surface area contributed by atoms with Gasteiger partial charge in [0.25, 0.3) is 0 Å². The minimum atomic E-state index is 0.781. The predicted octanol–water partition coefficient (Wildman–Crippen LogP) is 3.40. The number of nitrogens with zero attached hydrogens (tertiary/aromatic N) is 1. The Hall–Kier alpha value is -2.27. The number of fused-ring (bicyclic) bond motifs is 1. The normalized spacial score (nSPS) is 11.8. The van der Waals surface area contributed by atoms with Crippen molar-refractivity contribution in [2.45, 2.75) is 13.0 Å². The molecule has 4 nitrogen and oxygen atoms in total. The molecule has 0 saturated heterocycles. The number of hydrogen-bond acceptors (Lipinski definition) is 3. The van der Waals surface area contributed by atoms with Gasteiger partial charge in [0.2, 0.25) is 0 Å². The molecule has 114 valence electrons. The third kappa shape index (κ3) is 3.68. The largest absolute Gasteiger partial charge is 0.461 e. The monoisotopic (exact) mass is 313 g/mol. The van der Waals surface area contributed by atoms with Crippen LogP contribution >= 0.6 is 11.3 Å². The first-order chi connectivity index (χ1) is 10.8. The fourth-order valence-corrected chi connectivity index (χ4v) is 2.93. The molecule has 0 aliphatic heterocycles. The van der Waals surface area contributed by atoms with Gasteiger partial charge >= 0.3 is 0 Å². The Morgan fingerprint density at radius 2 is 2.14 bits per heavy atom. The van der Waals surface area contributed by atoms with Crippen LogP contribution in [0.15, 0.2) is 56.6 Å². The molecule has 0 fully saturated rings. The van der Waals surface area contributed by atoms with E-state index in [9.17, 15) is 0 Å². The van der Waals surface area contributed by atoms with E-state index in [1.165, 1.54) is 5.56 Å². The summed E-state index contributed by atoms with van der Waals surface area (Å²) in [6.45, 7) is 1.57. The molecule has 0 atom stereocenters. The molecule has 3 aromatic rings. The van der Waals surface area contributed by atoms with E-state index in [2.05, 4.69) is 44.6 Å². The lowest BCUT2D eigenvalue weighted by Gasteiger charge is -2.10. The third-order valence-corrected chi connectivity index (χ3v) is 4.14. The summed E-state index contributed by atoms with van der Waals surface area (Å²) >= 11 is 1.70. The Kier molecular flexibility index (Phi) is 4.75. The van der Waals surface area contributed by atoms with Gasteiger partial charge in [0.05, 0.1) is 0 Å². The van der Waals surface area contributed by atoms with E-state index >= 15 is 0 Å². The number of rotatable bonds is 5.